The van der Waals surface area contributed by atoms with Crippen molar-refractivity contribution in [3.05, 3.63) is 53.5 Å². The maximum absolute atomic E-state index is 11.1. The number of fused-ring (bicyclic) bond motifs is 2. The van der Waals surface area contributed by atoms with Crippen LogP contribution in [0.1, 0.15) is 23.9 Å². The summed E-state index contributed by atoms with van der Waals surface area (Å²) < 4.78 is 12.9. The van der Waals surface area contributed by atoms with Crippen molar-refractivity contribution in [3.63, 3.8) is 0 Å². The molecule has 0 radical (unpaired) electrons. The normalized spacial score (nSPS) is 11.2. The molecule has 0 unspecified atom stereocenters. The summed E-state index contributed by atoms with van der Waals surface area (Å²) in [5.41, 5.74) is 5.57. The second kappa shape index (κ2) is 6.75. The maximum Gasteiger partial charge on any atom is 0.302 e. The monoisotopic (exact) mass is 364 g/mol. The van der Waals surface area contributed by atoms with Crippen LogP contribution in [0.3, 0.4) is 0 Å². The van der Waals surface area contributed by atoms with Crippen LogP contribution in [0.4, 0.5) is 6.01 Å². The molecule has 138 valence electrons. The van der Waals surface area contributed by atoms with Crippen LogP contribution in [0.25, 0.3) is 16.7 Å². The van der Waals surface area contributed by atoms with Crippen LogP contribution in [0.15, 0.2) is 40.9 Å². The lowest BCUT2D eigenvalue weighted by Gasteiger charge is -2.01. The summed E-state index contributed by atoms with van der Waals surface area (Å²) in [6.07, 6.45) is 3.62. The quantitative estimate of drug-likeness (QED) is 0.586. The molecule has 0 atom stereocenters. The van der Waals surface area contributed by atoms with E-state index in [4.69, 9.17) is 14.1 Å². The van der Waals surface area contributed by atoms with Gasteiger partial charge in [-0.2, -0.15) is 4.98 Å². The lowest BCUT2D eigenvalue weighted by Crippen LogP contribution is -2.05. The van der Waals surface area contributed by atoms with Crippen LogP contribution >= 0.6 is 0 Å². The first-order valence-electron chi connectivity index (χ1n) is 8.72. The van der Waals surface area contributed by atoms with Crippen molar-refractivity contribution in [1.82, 2.24) is 14.4 Å². The first kappa shape index (κ1) is 17.1. The summed E-state index contributed by atoms with van der Waals surface area (Å²) in [6, 6.07) is 9.97. The minimum absolute atomic E-state index is 0.208. The van der Waals surface area contributed by atoms with Gasteiger partial charge in [0.25, 0.3) is 0 Å². The first-order valence-corrected chi connectivity index (χ1v) is 8.72. The summed E-state index contributed by atoms with van der Waals surface area (Å²) in [7, 11) is 1.65. The zero-order valence-corrected chi connectivity index (χ0v) is 15.4. The first-order chi connectivity index (χ1) is 13.0. The number of benzene rings is 1. The number of carbonyl (C=O) groups is 1. The van der Waals surface area contributed by atoms with Crippen molar-refractivity contribution in [2.24, 2.45) is 0 Å². The van der Waals surface area contributed by atoms with E-state index in [9.17, 15) is 4.79 Å². The third kappa shape index (κ3) is 3.36. The van der Waals surface area contributed by atoms with Crippen LogP contribution in [-0.4, -0.2) is 27.4 Å². The summed E-state index contributed by atoms with van der Waals surface area (Å²) in [5.74, 6) is 0.588. The van der Waals surface area contributed by atoms with Crippen LogP contribution < -0.4 is 10.1 Å². The molecule has 0 saturated carbocycles. The Labute approximate surface area is 156 Å². The number of anilines is 1. The summed E-state index contributed by atoms with van der Waals surface area (Å²) in [6.45, 7) is 3.49. The molecule has 4 rings (SSSR count). The Morgan fingerprint density at radius 2 is 2.07 bits per heavy atom. The van der Waals surface area contributed by atoms with Gasteiger partial charge in [-0.1, -0.05) is 6.07 Å². The number of hydrogen-bond donors (Lipinski definition) is 1. The fourth-order valence-electron chi connectivity index (χ4n) is 3.15. The maximum atomic E-state index is 11.1. The number of oxazole rings is 1. The minimum Gasteiger partial charge on any atom is -0.497 e. The highest BCUT2D eigenvalue weighted by molar-refractivity contribution is 5.88. The highest BCUT2D eigenvalue weighted by atomic mass is 16.5. The van der Waals surface area contributed by atoms with E-state index in [2.05, 4.69) is 21.6 Å². The Morgan fingerprint density at radius 3 is 2.85 bits per heavy atom. The van der Waals surface area contributed by atoms with Gasteiger partial charge >= 0.3 is 6.01 Å². The highest BCUT2D eigenvalue weighted by Crippen LogP contribution is 2.22. The van der Waals surface area contributed by atoms with Gasteiger partial charge in [0, 0.05) is 24.9 Å². The zero-order chi connectivity index (χ0) is 19.0. The van der Waals surface area contributed by atoms with E-state index in [1.165, 1.54) is 6.92 Å². The molecule has 1 amide bonds. The van der Waals surface area contributed by atoms with Gasteiger partial charge in [0.05, 0.1) is 12.8 Å². The number of pyridine rings is 1. The largest absolute Gasteiger partial charge is 0.497 e. The number of hydrogen-bond acceptors (Lipinski definition) is 5. The van der Waals surface area contributed by atoms with Gasteiger partial charge in [-0.05, 0) is 43.5 Å². The van der Waals surface area contributed by atoms with Crippen LogP contribution in [0.2, 0.25) is 0 Å². The van der Waals surface area contributed by atoms with Crippen molar-refractivity contribution < 1.29 is 13.9 Å². The molecule has 1 aromatic carbocycles. The molecule has 3 heterocycles. The average Bonchev–Trinajstić information content (AvgIpc) is 3.18. The number of imidazole rings is 1. The molecule has 4 aromatic rings. The lowest BCUT2D eigenvalue weighted by molar-refractivity contribution is -0.114. The summed E-state index contributed by atoms with van der Waals surface area (Å²) in [5, 5.41) is 2.56. The molecule has 0 aliphatic rings. The predicted molar refractivity (Wildman–Crippen MR) is 102 cm³/mol. The van der Waals surface area contributed by atoms with Crippen molar-refractivity contribution >= 4 is 28.7 Å². The van der Waals surface area contributed by atoms with Crippen molar-refractivity contribution in [1.29, 1.82) is 0 Å². The van der Waals surface area contributed by atoms with E-state index in [1.54, 1.807) is 7.11 Å². The molecule has 0 bridgehead atoms. The molecule has 7 heteroatoms. The second-order valence-electron chi connectivity index (χ2n) is 6.44. The Balaban J connectivity index is 1.55. The fourth-order valence-corrected chi connectivity index (χ4v) is 3.15. The van der Waals surface area contributed by atoms with Crippen LogP contribution in [-0.2, 0) is 17.6 Å². The fraction of sp³-hybridized carbons (Fsp3) is 0.250. The van der Waals surface area contributed by atoms with Crippen LogP contribution in [0.5, 0.6) is 5.75 Å². The molecule has 7 nitrogen and oxygen atoms in total. The number of aromatic nitrogens is 3. The number of carbonyl (C=O) groups excluding carboxylic acids is 1. The minimum atomic E-state index is -0.208. The van der Waals surface area contributed by atoms with E-state index in [1.807, 2.05) is 36.5 Å². The number of rotatable bonds is 5. The SMILES string of the molecule is COc1ccn2c(C)c(CCc3ccc4nc(NC(C)=O)oc4c3)nc2c1. The smallest absolute Gasteiger partial charge is 0.302 e. The van der Waals surface area contributed by atoms with Gasteiger partial charge in [-0.15, -0.1) is 0 Å². The molecule has 0 aliphatic heterocycles. The van der Waals surface area contributed by atoms with E-state index >= 15 is 0 Å². The molecule has 0 fully saturated rings. The molecular weight excluding hydrogens is 344 g/mol. The van der Waals surface area contributed by atoms with E-state index < -0.39 is 0 Å². The van der Waals surface area contributed by atoms with Gasteiger partial charge in [0.15, 0.2) is 5.58 Å². The Hall–Kier alpha value is -3.35. The number of nitrogens with zero attached hydrogens (tertiary/aromatic N) is 3. The van der Waals surface area contributed by atoms with Crippen molar-refractivity contribution in [3.8, 4) is 5.75 Å². The number of aryl methyl sites for hydroxylation is 3. The lowest BCUT2D eigenvalue weighted by atomic mass is 10.1. The Bertz CT molecular complexity index is 1140. The summed E-state index contributed by atoms with van der Waals surface area (Å²) >= 11 is 0. The molecule has 0 aliphatic carbocycles. The third-order valence-electron chi connectivity index (χ3n) is 4.56. The van der Waals surface area contributed by atoms with Crippen LogP contribution in [0, 0.1) is 6.92 Å². The van der Waals surface area contributed by atoms with Gasteiger partial charge in [0.1, 0.15) is 16.9 Å². The molecule has 27 heavy (non-hydrogen) atoms. The molecule has 3 aromatic heterocycles. The van der Waals surface area contributed by atoms with Gasteiger partial charge in [-0.3, -0.25) is 10.1 Å². The third-order valence-corrected chi connectivity index (χ3v) is 4.56. The van der Waals surface area contributed by atoms with Gasteiger partial charge in [-0.25, -0.2) is 4.98 Å². The Morgan fingerprint density at radius 1 is 1.22 bits per heavy atom. The number of nitrogens with one attached hydrogen (secondary N) is 1. The van der Waals surface area contributed by atoms with E-state index in [0.29, 0.717) is 5.58 Å². The van der Waals surface area contributed by atoms with Gasteiger partial charge < -0.3 is 13.6 Å². The average molecular weight is 364 g/mol. The second-order valence-corrected chi connectivity index (χ2v) is 6.44. The van der Waals surface area contributed by atoms with Crippen molar-refractivity contribution in [2.75, 3.05) is 12.4 Å². The predicted octanol–water partition coefficient (Wildman–Crippen LogP) is 3.54. The van der Waals surface area contributed by atoms with Gasteiger partial charge in [0.2, 0.25) is 5.91 Å². The highest BCUT2D eigenvalue weighted by Gasteiger charge is 2.11. The molecule has 0 spiro atoms. The topological polar surface area (TPSA) is 81.7 Å². The number of ether oxygens (including phenoxy) is 1. The van der Waals surface area contributed by atoms with Crippen molar-refractivity contribution in [2.45, 2.75) is 26.7 Å². The van der Waals surface area contributed by atoms with E-state index in [0.717, 1.165) is 46.7 Å². The zero-order valence-electron chi connectivity index (χ0n) is 15.4. The molecule has 1 N–H and O–H groups in total. The molecule has 0 saturated heterocycles. The standard InChI is InChI=1S/C20H20N4O3/c1-12-16(22-19-11-15(26-3)8-9-24(12)19)6-4-14-5-7-17-18(10-14)27-20(23-17)21-13(2)25/h5,7-11H,4,6H2,1-3H3,(H,21,23,25). The molecular formula is C20H20N4O3. The number of methoxy groups -OCH3 is 1. The van der Waals surface area contributed by atoms with E-state index in [-0.39, 0.29) is 11.9 Å². The number of amides is 1. The summed E-state index contributed by atoms with van der Waals surface area (Å²) in [4.78, 5) is 20.1. The Kier molecular flexibility index (Phi) is 4.27.